The fourth-order valence-electron chi connectivity index (χ4n) is 1.88. The summed E-state index contributed by atoms with van der Waals surface area (Å²) in [6, 6.07) is 16.5. The molecule has 0 saturated heterocycles. The van der Waals surface area contributed by atoms with Crippen molar-refractivity contribution < 1.29 is 4.74 Å². The van der Waals surface area contributed by atoms with Gasteiger partial charge in [-0.15, -0.1) is 0 Å². The van der Waals surface area contributed by atoms with Gasteiger partial charge < -0.3 is 10.1 Å². The zero-order valence-corrected chi connectivity index (χ0v) is 11.1. The Morgan fingerprint density at radius 1 is 0.944 bits per heavy atom. The van der Waals surface area contributed by atoms with Gasteiger partial charge in [0.15, 0.2) is 0 Å². The summed E-state index contributed by atoms with van der Waals surface area (Å²) in [5.74, 6) is 0.914. The number of anilines is 1. The Morgan fingerprint density at radius 2 is 1.61 bits per heavy atom. The number of nitrogens with one attached hydrogen (secondary N) is 1. The summed E-state index contributed by atoms with van der Waals surface area (Å²) in [4.78, 5) is 0. The van der Waals surface area contributed by atoms with Crippen molar-refractivity contribution in [3.05, 3.63) is 48.5 Å². The Bertz CT molecular complexity index is 520. The lowest BCUT2D eigenvalue weighted by Gasteiger charge is -2.11. The maximum atomic E-state index is 5.72. The van der Waals surface area contributed by atoms with Crippen LogP contribution in [-0.2, 0) is 0 Å². The van der Waals surface area contributed by atoms with E-state index in [0.29, 0.717) is 0 Å². The molecule has 0 radical (unpaired) electrons. The van der Waals surface area contributed by atoms with Crippen LogP contribution in [0.2, 0.25) is 0 Å². The third kappa shape index (κ3) is 3.04. The van der Waals surface area contributed by atoms with E-state index in [0.717, 1.165) is 11.4 Å². The third-order valence-electron chi connectivity index (χ3n) is 2.69. The molecule has 0 saturated carbocycles. The minimum absolute atomic E-state index is 0.198. The Balaban J connectivity index is 2.32. The quantitative estimate of drug-likeness (QED) is 0.867. The monoisotopic (exact) mass is 241 g/mol. The minimum atomic E-state index is 0.198. The molecule has 2 rings (SSSR count). The molecule has 0 aliphatic heterocycles. The van der Waals surface area contributed by atoms with E-state index in [1.165, 1.54) is 11.1 Å². The van der Waals surface area contributed by atoms with Crippen LogP contribution in [0.1, 0.15) is 13.8 Å². The highest BCUT2D eigenvalue weighted by Gasteiger charge is 2.02. The second kappa shape index (κ2) is 5.58. The molecule has 0 heterocycles. The number of hydrogen-bond acceptors (Lipinski definition) is 2. The van der Waals surface area contributed by atoms with Crippen LogP contribution in [0.3, 0.4) is 0 Å². The highest BCUT2D eigenvalue weighted by atomic mass is 16.5. The zero-order chi connectivity index (χ0) is 13.0. The molecular formula is C16H19NO. The van der Waals surface area contributed by atoms with Crippen LogP contribution in [0.5, 0.6) is 5.75 Å². The smallest absolute Gasteiger partial charge is 0.120 e. The SMILES string of the molecule is CNc1cccc(-c2cccc(OC(C)C)c2)c1. The van der Waals surface area contributed by atoms with Crippen LogP contribution in [0.15, 0.2) is 48.5 Å². The fourth-order valence-corrected chi connectivity index (χ4v) is 1.88. The van der Waals surface area contributed by atoms with Crippen LogP contribution >= 0.6 is 0 Å². The predicted molar refractivity (Wildman–Crippen MR) is 77.2 cm³/mol. The van der Waals surface area contributed by atoms with Gasteiger partial charge in [0, 0.05) is 12.7 Å². The molecule has 0 atom stereocenters. The van der Waals surface area contributed by atoms with Gasteiger partial charge in [-0.1, -0.05) is 24.3 Å². The van der Waals surface area contributed by atoms with Crippen LogP contribution in [-0.4, -0.2) is 13.2 Å². The molecule has 0 spiro atoms. The van der Waals surface area contributed by atoms with Crippen molar-refractivity contribution in [2.45, 2.75) is 20.0 Å². The molecule has 0 aliphatic carbocycles. The van der Waals surface area contributed by atoms with Gasteiger partial charge in [-0.05, 0) is 49.2 Å². The lowest BCUT2D eigenvalue weighted by Crippen LogP contribution is -2.05. The molecule has 0 aliphatic rings. The van der Waals surface area contributed by atoms with Gasteiger partial charge >= 0.3 is 0 Å². The van der Waals surface area contributed by atoms with Crippen molar-refractivity contribution in [1.82, 2.24) is 0 Å². The van der Waals surface area contributed by atoms with Crippen molar-refractivity contribution in [1.29, 1.82) is 0 Å². The second-order valence-corrected chi connectivity index (χ2v) is 4.53. The summed E-state index contributed by atoms with van der Waals surface area (Å²) in [6.45, 7) is 4.07. The maximum absolute atomic E-state index is 5.72. The minimum Gasteiger partial charge on any atom is -0.491 e. The van der Waals surface area contributed by atoms with Crippen LogP contribution < -0.4 is 10.1 Å². The average molecular weight is 241 g/mol. The number of benzene rings is 2. The molecule has 0 bridgehead atoms. The van der Waals surface area contributed by atoms with Crippen LogP contribution in [0.25, 0.3) is 11.1 Å². The normalized spacial score (nSPS) is 10.4. The Kier molecular flexibility index (Phi) is 3.88. The summed E-state index contributed by atoms with van der Waals surface area (Å²) in [5, 5.41) is 3.15. The van der Waals surface area contributed by atoms with Gasteiger partial charge in [0.2, 0.25) is 0 Å². The van der Waals surface area contributed by atoms with Gasteiger partial charge in [-0.25, -0.2) is 0 Å². The van der Waals surface area contributed by atoms with Gasteiger partial charge in [-0.3, -0.25) is 0 Å². The molecule has 0 aromatic heterocycles. The highest BCUT2D eigenvalue weighted by molar-refractivity contribution is 5.69. The van der Waals surface area contributed by atoms with E-state index < -0.39 is 0 Å². The van der Waals surface area contributed by atoms with Crippen molar-refractivity contribution in [2.75, 3.05) is 12.4 Å². The zero-order valence-electron chi connectivity index (χ0n) is 11.1. The van der Waals surface area contributed by atoms with E-state index in [1.54, 1.807) is 0 Å². The van der Waals surface area contributed by atoms with Crippen molar-refractivity contribution in [2.24, 2.45) is 0 Å². The topological polar surface area (TPSA) is 21.3 Å². The van der Waals surface area contributed by atoms with Gasteiger partial charge in [0.1, 0.15) is 5.75 Å². The predicted octanol–water partition coefficient (Wildman–Crippen LogP) is 4.18. The van der Waals surface area contributed by atoms with Gasteiger partial charge in [0.05, 0.1) is 6.10 Å². The van der Waals surface area contributed by atoms with Gasteiger partial charge in [0.25, 0.3) is 0 Å². The molecule has 0 fully saturated rings. The first-order chi connectivity index (χ1) is 8.69. The molecule has 18 heavy (non-hydrogen) atoms. The van der Waals surface area contributed by atoms with Crippen LogP contribution in [0, 0.1) is 0 Å². The summed E-state index contributed by atoms with van der Waals surface area (Å²) < 4.78 is 5.72. The van der Waals surface area contributed by atoms with E-state index >= 15 is 0 Å². The molecule has 1 N–H and O–H groups in total. The molecule has 0 amide bonds. The molecular weight excluding hydrogens is 222 g/mol. The number of hydrogen-bond donors (Lipinski definition) is 1. The first-order valence-electron chi connectivity index (χ1n) is 6.24. The lowest BCUT2D eigenvalue weighted by atomic mass is 10.0. The molecule has 0 unspecified atom stereocenters. The summed E-state index contributed by atoms with van der Waals surface area (Å²) in [5.41, 5.74) is 3.48. The molecule has 2 nitrogen and oxygen atoms in total. The fraction of sp³-hybridized carbons (Fsp3) is 0.250. The number of ether oxygens (including phenoxy) is 1. The summed E-state index contributed by atoms with van der Waals surface area (Å²) in [7, 11) is 1.93. The Labute approximate surface area is 109 Å². The molecule has 2 aromatic rings. The molecule has 2 aromatic carbocycles. The third-order valence-corrected chi connectivity index (χ3v) is 2.69. The van der Waals surface area contributed by atoms with Crippen molar-refractivity contribution in [3.8, 4) is 16.9 Å². The highest BCUT2D eigenvalue weighted by Crippen LogP contribution is 2.26. The van der Waals surface area contributed by atoms with E-state index in [4.69, 9.17) is 4.74 Å². The summed E-state index contributed by atoms with van der Waals surface area (Å²) >= 11 is 0. The van der Waals surface area contributed by atoms with Gasteiger partial charge in [-0.2, -0.15) is 0 Å². The van der Waals surface area contributed by atoms with Crippen LogP contribution in [0.4, 0.5) is 5.69 Å². The Hall–Kier alpha value is -1.96. The molecule has 2 heteroatoms. The second-order valence-electron chi connectivity index (χ2n) is 4.53. The average Bonchev–Trinajstić information content (AvgIpc) is 2.38. The first kappa shape index (κ1) is 12.5. The largest absolute Gasteiger partial charge is 0.491 e. The maximum Gasteiger partial charge on any atom is 0.120 e. The van der Waals surface area contributed by atoms with Crippen molar-refractivity contribution >= 4 is 5.69 Å². The van der Waals surface area contributed by atoms with E-state index in [2.05, 4.69) is 41.7 Å². The summed E-state index contributed by atoms with van der Waals surface area (Å²) in [6.07, 6.45) is 0.198. The van der Waals surface area contributed by atoms with E-state index in [-0.39, 0.29) is 6.10 Å². The van der Waals surface area contributed by atoms with E-state index in [9.17, 15) is 0 Å². The Morgan fingerprint density at radius 3 is 2.28 bits per heavy atom. The van der Waals surface area contributed by atoms with E-state index in [1.807, 2.05) is 33.0 Å². The first-order valence-corrected chi connectivity index (χ1v) is 6.24. The lowest BCUT2D eigenvalue weighted by molar-refractivity contribution is 0.242. The standard InChI is InChI=1S/C16H19NO/c1-12(2)18-16-9-5-7-14(11-16)13-6-4-8-15(10-13)17-3/h4-12,17H,1-3H3. The number of rotatable bonds is 4. The molecule has 94 valence electrons. The van der Waals surface area contributed by atoms with Crippen molar-refractivity contribution in [3.63, 3.8) is 0 Å².